The van der Waals surface area contributed by atoms with Gasteiger partial charge in [-0.25, -0.2) is 9.97 Å². The number of hydrogen-bond donors (Lipinski definition) is 6. The second-order valence-electron chi connectivity index (χ2n) is 4.45. The Morgan fingerprint density at radius 2 is 1.30 bits per heavy atom. The van der Waals surface area contributed by atoms with Crippen molar-refractivity contribution in [2.45, 2.75) is 24.9 Å². The third-order valence-electron chi connectivity index (χ3n) is 2.62. The van der Waals surface area contributed by atoms with Crippen molar-refractivity contribution < 1.29 is 37.2 Å². The first-order chi connectivity index (χ1) is 10.4. The Hall–Kier alpha value is -2.19. The Kier molecular flexibility index (Phi) is 9.52. The van der Waals surface area contributed by atoms with Crippen LogP contribution in [0.25, 0.3) is 0 Å². The average Bonchev–Trinajstić information content (AvgIpc) is 3.12. The van der Waals surface area contributed by atoms with Crippen LogP contribution >= 0.6 is 0 Å². The number of H-pyrrole nitrogens is 2. The van der Waals surface area contributed by atoms with Gasteiger partial charge in [0.1, 0.15) is 12.1 Å². The van der Waals surface area contributed by atoms with E-state index in [0.717, 1.165) is 11.4 Å². The van der Waals surface area contributed by atoms with E-state index in [2.05, 4.69) is 19.9 Å². The van der Waals surface area contributed by atoms with Crippen LogP contribution in [0.1, 0.15) is 11.4 Å². The van der Waals surface area contributed by atoms with E-state index in [1.807, 2.05) is 0 Å². The van der Waals surface area contributed by atoms with E-state index in [4.69, 9.17) is 21.7 Å². The van der Waals surface area contributed by atoms with Crippen LogP contribution in [0.2, 0.25) is 0 Å². The van der Waals surface area contributed by atoms with E-state index in [1.165, 1.54) is 12.7 Å². The number of rotatable bonds is 6. The molecule has 11 heteroatoms. The summed E-state index contributed by atoms with van der Waals surface area (Å²) in [6.07, 6.45) is 6.67. The molecule has 0 fully saturated rings. The number of carboxylic acid groups (broad SMARTS) is 2. The molecule has 0 aliphatic carbocycles. The van der Waals surface area contributed by atoms with Crippen molar-refractivity contribution in [2.24, 2.45) is 11.5 Å². The summed E-state index contributed by atoms with van der Waals surface area (Å²) >= 11 is 0. The van der Waals surface area contributed by atoms with Crippen LogP contribution in [0, 0.1) is 0 Å². The van der Waals surface area contributed by atoms with Crippen LogP contribution in [0.4, 0.5) is 0 Å². The number of nitrogens with zero attached hydrogens (tertiary/aromatic N) is 2. The zero-order valence-electron chi connectivity index (χ0n) is 12.0. The molecule has 0 amide bonds. The average molecular weight is 362 g/mol. The van der Waals surface area contributed by atoms with Crippen molar-refractivity contribution in [3.8, 4) is 0 Å². The molecular weight excluding hydrogens is 344 g/mol. The van der Waals surface area contributed by atoms with Crippen LogP contribution in [-0.4, -0.2) is 54.2 Å². The third-order valence-corrected chi connectivity index (χ3v) is 2.62. The van der Waals surface area contributed by atoms with E-state index in [1.54, 1.807) is 12.4 Å². The summed E-state index contributed by atoms with van der Waals surface area (Å²) in [6, 6.07) is -1.70. The fourth-order valence-electron chi connectivity index (χ4n) is 1.44. The Morgan fingerprint density at radius 3 is 1.52 bits per heavy atom. The molecule has 0 spiro atoms. The minimum Gasteiger partial charge on any atom is -0.480 e. The zero-order chi connectivity index (χ0) is 16.5. The minimum absolute atomic E-state index is 0. The van der Waals surface area contributed by atoms with Gasteiger partial charge in [-0.05, 0) is 0 Å². The SMILES string of the molecule is N[C@@H](Cc1cnc[nH]1)C(=O)O.N[C@@H](Cc1cnc[nH]1)C(=O)O.[Cr]. The Balaban J connectivity index is 0.000000403. The van der Waals surface area contributed by atoms with Crippen LogP contribution in [-0.2, 0) is 39.8 Å². The second kappa shape index (κ2) is 10.5. The Morgan fingerprint density at radius 1 is 0.957 bits per heavy atom. The minimum atomic E-state index is -1.00. The monoisotopic (exact) mass is 362 g/mol. The maximum absolute atomic E-state index is 10.3. The summed E-state index contributed by atoms with van der Waals surface area (Å²) in [5.74, 6) is -2.00. The molecule has 0 aliphatic heterocycles. The van der Waals surface area contributed by atoms with Gasteiger partial charge in [0.2, 0.25) is 0 Å². The van der Waals surface area contributed by atoms with E-state index < -0.39 is 24.0 Å². The number of carboxylic acids is 2. The van der Waals surface area contributed by atoms with Crippen LogP contribution in [0.3, 0.4) is 0 Å². The smallest absolute Gasteiger partial charge is 0.320 e. The van der Waals surface area contributed by atoms with Gasteiger partial charge in [-0.2, -0.15) is 0 Å². The molecule has 126 valence electrons. The summed E-state index contributed by atoms with van der Waals surface area (Å²) in [7, 11) is 0. The second-order valence-corrected chi connectivity index (χ2v) is 4.45. The number of nitrogens with two attached hydrogens (primary N) is 2. The summed E-state index contributed by atoms with van der Waals surface area (Å²) in [5.41, 5.74) is 12.0. The fraction of sp³-hybridized carbons (Fsp3) is 0.333. The van der Waals surface area contributed by atoms with Gasteiger partial charge in [-0.1, -0.05) is 0 Å². The molecule has 0 radical (unpaired) electrons. The Labute approximate surface area is 142 Å². The molecule has 2 aromatic rings. The molecule has 0 saturated carbocycles. The number of aromatic nitrogens is 4. The van der Waals surface area contributed by atoms with Gasteiger partial charge in [0.05, 0.1) is 12.7 Å². The fourth-order valence-corrected chi connectivity index (χ4v) is 1.44. The van der Waals surface area contributed by atoms with Crippen molar-refractivity contribution in [2.75, 3.05) is 0 Å². The van der Waals surface area contributed by atoms with E-state index in [-0.39, 0.29) is 30.2 Å². The first kappa shape index (κ1) is 20.8. The molecule has 0 saturated heterocycles. The number of aliphatic carboxylic acids is 2. The molecular formula is C12H18CrN6O4. The predicted molar refractivity (Wildman–Crippen MR) is 75.8 cm³/mol. The molecule has 2 aromatic heterocycles. The third kappa shape index (κ3) is 8.13. The topological polar surface area (TPSA) is 184 Å². The van der Waals surface area contributed by atoms with Gasteiger partial charge < -0.3 is 31.6 Å². The van der Waals surface area contributed by atoms with Gasteiger partial charge in [0.25, 0.3) is 0 Å². The number of aromatic amines is 2. The van der Waals surface area contributed by atoms with Crippen LogP contribution < -0.4 is 11.5 Å². The molecule has 0 aliphatic rings. The van der Waals surface area contributed by atoms with Crippen molar-refractivity contribution >= 4 is 11.9 Å². The molecule has 0 bridgehead atoms. The Bertz CT molecular complexity index is 522. The van der Waals surface area contributed by atoms with Crippen molar-refractivity contribution in [3.05, 3.63) is 36.4 Å². The molecule has 8 N–H and O–H groups in total. The molecule has 2 heterocycles. The summed E-state index contributed by atoms with van der Waals surface area (Å²) in [6.45, 7) is 0. The molecule has 2 atom stereocenters. The summed E-state index contributed by atoms with van der Waals surface area (Å²) in [5, 5.41) is 16.8. The number of imidazole rings is 2. The van der Waals surface area contributed by atoms with Crippen molar-refractivity contribution in [3.63, 3.8) is 0 Å². The summed E-state index contributed by atoms with van der Waals surface area (Å²) in [4.78, 5) is 33.5. The number of carbonyl (C=O) groups is 2. The van der Waals surface area contributed by atoms with Crippen LogP contribution in [0.5, 0.6) is 0 Å². The van der Waals surface area contributed by atoms with Gasteiger partial charge in [0.15, 0.2) is 0 Å². The van der Waals surface area contributed by atoms with Gasteiger partial charge in [-0.15, -0.1) is 0 Å². The molecule has 0 unspecified atom stereocenters. The molecule has 10 nitrogen and oxygen atoms in total. The molecule has 0 aromatic carbocycles. The summed E-state index contributed by atoms with van der Waals surface area (Å²) < 4.78 is 0. The van der Waals surface area contributed by atoms with Gasteiger partial charge in [-0.3, -0.25) is 9.59 Å². The largest absolute Gasteiger partial charge is 0.480 e. The first-order valence-electron chi connectivity index (χ1n) is 6.31. The maximum atomic E-state index is 10.3. The van der Waals surface area contributed by atoms with Crippen LogP contribution in [0.15, 0.2) is 25.0 Å². The molecule has 2 rings (SSSR count). The predicted octanol–water partition coefficient (Wildman–Crippen LogP) is -1.27. The standard InChI is InChI=1S/2C6H9N3O2.Cr/c2*7-5(6(10)11)1-4-2-8-3-9-4;/h2*2-3,5H,1,7H2,(H,8,9)(H,10,11);/t2*5-;/m00./s1. The first-order valence-corrected chi connectivity index (χ1v) is 6.31. The van der Waals surface area contributed by atoms with E-state index in [0.29, 0.717) is 0 Å². The van der Waals surface area contributed by atoms with Gasteiger partial charge >= 0.3 is 11.9 Å². The normalized spacial score (nSPS) is 12.3. The number of nitrogens with one attached hydrogen (secondary N) is 2. The van der Waals surface area contributed by atoms with E-state index in [9.17, 15) is 9.59 Å². The zero-order valence-corrected chi connectivity index (χ0v) is 13.3. The molecule has 23 heavy (non-hydrogen) atoms. The van der Waals surface area contributed by atoms with Crippen molar-refractivity contribution in [1.82, 2.24) is 19.9 Å². The van der Waals surface area contributed by atoms with E-state index >= 15 is 0 Å². The number of hydrogen-bond acceptors (Lipinski definition) is 6. The maximum Gasteiger partial charge on any atom is 0.320 e. The quantitative estimate of drug-likeness (QED) is 0.367. The van der Waals surface area contributed by atoms with Gasteiger partial charge in [0, 0.05) is 54.0 Å². The van der Waals surface area contributed by atoms with Crippen molar-refractivity contribution in [1.29, 1.82) is 0 Å².